The van der Waals surface area contributed by atoms with Crippen LogP contribution in [0.25, 0.3) is 0 Å². The molecule has 96 valence electrons. The summed E-state index contributed by atoms with van der Waals surface area (Å²) in [5.74, 6) is -0.732. The number of rotatable bonds is 5. The number of carbonyl (C=O) groups is 1. The summed E-state index contributed by atoms with van der Waals surface area (Å²) in [5, 5.41) is 23.7. The van der Waals surface area contributed by atoms with Crippen LogP contribution in [0.4, 0.5) is 8.78 Å². The van der Waals surface area contributed by atoms with Gasteiger partial charge in [-0.1, -0.05) is 0 Å². The Morgan fingerprint density at radius 3 is 2.71 bits per heavy atom. The first-order valence-corrected chi connectivity index (χ1v) is 4.88. The van der Waals surface area contributed by atoms with E-state index in [0.717, 1.165) is 12.3 Å². The monoisotopic (exact) mass is 249 g/mol. The Hall–Kier alpha value is -1.54. The van der Waals surface area contributed by atoms with Gasteiger partial charge in [-0.15, -0.1) is 0 Å². The Kier molecular flexibility index (Phi) is 4.53. The van der Waals surface area contributed by atoms with Gasteiger partial charge in [0.1, 0.15) is 5.69 Å². The first kappa shape index (κ1) is 13.5. The minimum absolute atomic E-state index is 0.204. The third-order valence-corrected chi connectivity index (χ3v) is 2.14. The summed E-state index contributed by atoms with van der Waals surface area (Å²) in [6.07, 6.45) is 0.0109. The van der Waals surface area contributed by atoms with Gasteiger partial charge in [0.2, 0.25) is 0 Å². The van der Waals surface area contributed by atoms with Gasteiger partial charge < -0.3 is 15.5 Å². The van der Waals surface area contributed by atoms with Crippen molar-refractivity contribution in [1.29, 1.82) is 0 Å². The van der Waals surface area contributed by atoms with E-state index in [-0.39, 0.29) is 5.69 Å². The second kappa shape index (κ2) is 5.69. The summed E-state index contributed by atoms with van der Waals surface area (Å²) >= 11 is 0. The molecule has 0 saturated carbocycles. The fraction of sp³-hybridized carbons (Fsp3) is 0.556. The molecule has 6 nitrogen and oxygen atoms in total. The van der Waals surface area contributed by atoms with Crippen molar-refractivity contribution in [3.8, 4) is 0 Å². The summed E-state index contributed by atoms with van der Waals surface area (Å²) in [4.78, 5) is 11.5. The molecule has 1 rings (SSSR count). The van der Waals surface area contributed by atoms with Crippen LogP contribution in [0.15, 0.2) is 12.3 Å². The maximum absolute atomic E-state index is 12.2. The zero-order valence-electron chi connectivity index (χ0n) is 9.05. The van der Waals surface area contributed by atoms with E-state index >= 15 is 0 Å². The molecular formula is C9H13F2N3O3. The number of nitrogens with zero attached hydrogens (tertiary/aromatic N) is 2. The van der Waals surface area contributed by atoms with Gasteiger partial charge in [-0.05, 0) is 13.0 Å². The van der Waals surface area contributed by atoms with Crippen LogP contribution in [0, 0.1) is 0 Å². The van der Waals surface area contributed by atoms with Gasteiger partial charge in [-0.2, -0.15) is 13.9 Å². The molecule has 17 heavy (non-hydrogen) atoms. The number of aromatic nitrogens is 2. The minimum atomic E-state index is -2.82. The van der Waals surface area contributed by atoms with Crippen LogP contribution in [-0.2, 0) is 0 Å². The summed E-state index contributed by atoms with van der Waals surface area (Å²) in [6.45, 7) is -1.89. The van der Waals surface area contributed by atoms with E-state index in [2.05, 4.69) is 10.4 Å². The lowest BCUT2D eigenvalue weighted by atomic mass is 10.2. The number of amides is 1. The summed E-state index contributed by atoms with van der Waals surface area (Å²) in [7, 11) is 0. The predicted molar refractivity (Wildman–Crippen MR) is 53.5 cm³/mol. The lowest BCUT2D eigenvalue weighted by Gasteiger charge is -2.18. The Labute approximate surface area is 95.9 Å². The smallest absolute Gasteiger partial charge is 0.333 e. The molecule has 0 saturated heterocycles. The molecule has 0 spiro atoms. The first-order chi connectivity index (χ1) is 7.95. The van der Waals surface area contributed by atoms with Gasteiger partial charge in [0.15, 0.2) is 0 Å². The van der Waals surface area contributed by atoms with E-state index < -0.39 is 31.2 Å². The average molecular weight is 249 g/mol. The minimum Gasteiger partial charge on any atom is -0.394 e. The second-order valence-electron chi connectivity index (χ2n) is 3.46. The van der Waals surface area contributed by atoms with E-state index in [9.17, 15) is 18.7 Å². The highest BCUT2D eigenvalue weighted by Gasteiger charge is 2.19. The van der Waals surface area contributed by atoms with Gasteiger partial charge in [-0.25, -0.2) is 4.68 Å². The van der Waals surface area contributed by atoms with Crippen LogP contribution in [0.3, 0.4) is 0 Å². The Balaban J connectivity index is 2.69. The molecular weight excluding hydrogens is 236 g/mol. The molecule has 1 amide bonds. The SMILES string of the molecule is C[C@@H](O)[C@@H](CO)NC(=O)c1ccn(C(F)F)n1. The zero-order valence-corrected chi connectivity index (χ0v) is 9.05. The van der Waals surface area contributed by atoms with Crippen LogP contribution in [-0.4, -0.2) is 44.7 Å². The maximum atomic E-state index is 12.2. The fourth-order valence-corrected chi connectivity index (χ4v) is 1.13. The van der Waals surface area contributed by atoms with Crippen LogP contribution >= 0.6 is 0 Å². The number of aliphatic hydroxyl groups excluding tert-OH is 2. The lowest BCUT2D eigenvalue weighted by Crippen LogP contribution is -2.44. The maximum Gasteiger partial charge on any atom is 0.333 e. The van der Waals surface area contributed by atoms with E-state index in [1.54, 1.807) is 0 Å². The molecule has 1 aromatic rings. The molecule has 0 bridgehead atoms. The Morgan fingerprint density at radius 1 is 1.65 bits per heavy atom. The number of alkyl halides is 2. The third-order valence-electron chi connectivity index (χ3n) is 2.14. The number of hydrogen-bond donors (Lipinski definition) is 3. The van der Waals surface area contributed by atoms with Crippen molar-refractivity contribution in [3.63, 3.8) is 0 Å². The van der Waals surface area contributed by atoms with Crippen LogP contribution < -0.4 is 5.32 Å². The number of nitrogens with one attached hydrogen (secondary N) is 1. The quantitative estimate of drug-likeness (QED) is 0.671. The van der Waals surface area contributed by atoms with Crippen molar-refractivity contribution in [2.75, 3.05) is 6.61 Å². The van der Waals surface area contributed by atoms with Crippen molar-refractivity contribution in [3.05, 3.63) is 18.0 Å². The molecule has 8 heteroatoms. The highest BCUT2D eigenvalue weighted by molar-refractivity contribution is 5.92. The van der Waals surface area contributed by atoms with Gasteiger partial charge in [-0.3, -0.25) is 4.79 Å². The molecule has 0 fully saturated rings. The van der Waals surface area contributed by atoms with E-state index in [0.29, 0.717) is 4.68 Å². The number of halogens is 2. The largest absolute Gasteiger partial charge is 0.394 e. The van der Waals surface area contributed by atoms with Crippen LogP contribution in [0.1, 0.15) is 24.0 Å². The van der Waals surface area contributed by atoms with Crippen molar-refractivity contribution in [1.82, 2.24) is 15.1 Å². The van der Waals surface area contributed by atoms with Crippen LogP contribution in [0.2, 0.25) is 0 Å². The summed E-state index contributed by atoms with van der Waals surface area (Å²) in [6, 6.07) is 0.261. The summed E-state index contributed by atoms with van der Waals surface area (Å²) in [5.41, 5.74) is -0.204. The molecule has 0 aliphatic rings. The molecule has 0 aliphatic heterocycles. The van der Waals surface area contributed by atoms with Crippen molar-refractivity contribution < 1.29 is 23.8 Å². The molecule has 0 aromatic carbocycles. The molecule has 0 unspecified atom stereocenters. The highest BCUT2D eigenvalue weighted by Crippen LogP contribution is 2.08. The van der Waals surface area contributed by atoms with E-state index in [1.807, 2.05) is 0 Å². The standard InChI is InChI=1S/C9H13F2N3O3/c1-5(16)7(4-15)12-8(17)6-2-3-14(13-6)9(10)11/h2-3,5,7,9,15-16H,4H2,1H3,(H,12,17)/t5-,7-/m1/s1. The molecule has 1 aromatic heterocycles. The summed E-state index contributed by atoms with van der Waals surface area (Å²) < 4.78 is 24.7. The average Bonchev–Trinajstić information content (AvgIpc) is 2.74. The second-order valence-corrected chi connectivity index (χ2v) is 3.46. The number of aliphatic hydroxyl groups is 2. The Bertz CT molecular complexity index is 381. The van der Waals surface area contributed by atoms with Crippen LogP contribution in [0.5, 0.6) is 0 Å². The van der Waals surface area contributed by atoms with E-state index in [4.69, 9.17) is 5.11 Å². The number of carbonyl (C=O) groups excluding carboxylic acids is 1. The molecule has 0 radical (unpaired) electrons. The topological polar surface area (TPSA) is 87.4 Å². The predicted octanol–water partition coefficient (Wildman–Crippen LogP) is -0.250. The van der Waals surface area contributed by atoms with Gasteiger partial charge in [0, 0.05) is 6.20 Å². The van der Waals surface area contributed by atoms with Gasteiger partial charge in [0.05, 0.1) is 18.8 Å². The lowest BCUT2D eigenvalue weighted by molar-refractivity contribution is 0.0554. The third kappa shape index (κ3) is 3.46. The normalized spacial score (nSPS) is 14.7. The van der Waals surface area contributed by atoms with E-state index in [1.165, 1.54) is 6.92 Å². The fourth-order valence-electron chi connectivity index (χ4n) is 1.13. The number of hydrogen-bond acceptors (Lipinski definition) is 4. The zero-order chi connectivity index (χ0) is 13.0. The highest BCUT2D eigenvalue weighted by atomic mass is 19.3. The van der Waals surface area contributed by atoms with Gasteiger partial charge >= 0.3 is 6.55 Å². The Morgan fingerprint density at radius 2 is 2.29 bits per heavy atom. The first-order valence-electron chi connectivity index (χ1n) is 4.88. The van der Waals surface area contributed by atoms with Gasteiger partial charge in [0.25, 0.3) is 5.91 Å². The van der Waals surface area contributed by atoms with Crippen molar-refractivity contribution in [2.45, 2.75) is 25.6 Å². The molecule has 1 heterocycles. The molecule has 3 N–H and O–H groups in total. The molecule has 0 aliphatic carbocycles. The van der Waals surface area contributed by atoms with Crippen molar-refractivity contribution >= 4 is 5.91 Å². The molecule has 2 atom stereocenters. The van der Waals surface area contributed by atoms with Crippen molar-refractivity contribution in [2.24, 2.45) is 0 Å².